The largest absolute Gasteiger partial charge is 0.399 e. The zero-order chi connectivity index (χ0) is 15.8. The average molecular weight is 312 g/mol. The van der Waals surface area contributed by atoms with Gasteiger partial charge in [0.1, 0.15) is 11.6 Å². The van der Waals surface area contributed by atoms with Gasteiger partial charge in [0, 0.05) is 11.8 Å². The van der Waals surface area contributed by atoms with Crippen LogP contribution in [0.4, 0.5) is 20.2 Å². The van der Waals surface area contributed by atoms with Crippen molar-refractivity contribution in [2.24, 2.45) is 0 Å². The molecule has 7 heteroatoms. The Hall–Kier alpha value is -2.15. The number of nitrogens with one attached hydrogen (secondary N) is 1. The fourth-order valence-electron chi connectivity index (χ4n) is 1.90. The molecule has 0 saturated carbocycles. The van der Waals surface area contributed by atoms with E-state index in [4.69, 9.17) is 5.73 Å². The Morgan fingerprint density at radius 3 is 2.29 bits per heavy atom. The number of sulfonamides is 1. The Kier molecular flexibility index (Phi) is 3.87. The predicted octanol–water partition coefficient (Wildman–Crippen LogP) is 2.96. The molecule has 0 radical (unpaired) electrons. The molecule has 21 heavy (non-hydrogen) atoms. The molecule has 4 nitrogen and oxygen atoms in total. The van der Waals surface area contributed by atoms with E-state index in [9.17, 15) is 17.2 Å². The van der Waals surface area contributed by atoms with Crippen LogP contribution in [0.1, 0.15) is 11.1 Å². The highest BCUT2D eigenvalue weighted by molar-refractivity contribution is 7.92. The molecular weight excluding hydrogens is 298 g/mol. The molecule has 0 aliphatic heterocycles. The van der Waals surface area contributed by atoms with Crippen molar-refractivity contribution >= 4 is 21.4 Å². The fourth-order valence-corrected chi connectivity index (χ4v) is 3.18. The summed E-state index contributed by atoms with van der Waals surface area (Å²) in [6.45, 7) is 2.96. The third-order valence-electron chi connectivity index (χ3n) is 2.98. The van der Waals surface area contributed by atoms with Gasteiger partial charge in [0.2, 0.25) is 0 Å². The third-order valence-corrected chi connectivity index (χ3v) is 4.51. The van der Waals surface area contributed by atoms with Crippen molar-refractivity contribution < 1.29 is 17.2 Å². The second-order valence-electron chi connectivity index (χ2n) is 4.71. The van der Waals surface area contributed by atoms with Crippen LogP contribution in [0.2, 0.25) is 0 Å². The van der Waals surface area contributed by atoms with Crippen LogP contribution in [0.5, 0.6) is 0 Å². The van der Waals surface area contributed by atoms with Crippen LogP contribution in [-0.4, -0.2) is 8.42 Å². The first-order chi connectivity index (χ1) is 9.70. The first-order valence-electron chi connectivity index (χ1n) is 6.05. The number of hydrogen-bond donors (Lipinski definition) is 2. The van der Waals surface area contributed by atoms with Gasteiger partial charge in [-0.2, -0.15) is 0 Å². The topological polar surface area (TPSA) is 72.2 Å². The summed E-state index contributed by atoms with van der Waals surface area (Å²) in [5.74, 6) is -1.53. The molecule has 3 N–H and O–H groups in total. The number of nitrogen functional groups attached to an aromatic ring is 1. The van der Waals surface area contributed by atoms with Gasteiger partial charge < -0.3 is 5.73 Å². The van der Waals surface area contributed by atoms with Crippen molar-refractivity contribution in [1.29, 1.82) is 0 Å². The maximum atomic E-state index is 13.7. The Bertz CT molecular complexity index is 805. The molecule has 0 atom stereocenters. The monoisotopic (exact) mass is 312 g/mol. The molecule has 0 spiro atoms. The number of benzene rings is 2. The molecule has 0 aliphatic carbocycles. The van der Waals surface area contributed by atoms with E-state index in [1.807, 2.05) is 4.72 Å². The second kappa shape index (κ2) is 5.33. The zero-order valence-electron chi connectivity index (χ0n) is 11.4. The van der Waals surface area contributed by atoms with E-state index >= 15 is 0 Å². The van der Waals surface area contributed by atoms with Gasteiger partial charge in [0.05, 0.1) is 10.6 Å². The van der Waals surface area contributed by atoms with Gasteiger partial charge in [-0.3, -0.25) is 4.72 Å². The van der Waals surface area contributed by atoms with Crippen molar-refractivity contribution in [1.82, 2.24) is 0 Å². The van der Waals surface area contributed by atoms with Crippen LogP contribution in [0.15, 0.2) is 35.2 Å². The minimum Gasteiger partial charge on any atom is -0.399 e. The minimum absolute atomic E-state index is 0.0444. The van der Waals surface area contributed by atoms with Crippen LogP contribution >= 0.6 is 0 Å². The summed E-state index contributed by atoms with van der Waals surface area (Å²) in [6, 6.07) is 5.97. The van der Waals surface area contributed by atoms with Crippen molar-refractivity contribution in [3.8, 4) is 0 Å². The van der Waals surface area contributed by atoms with Crippen molar-refractivity contribution in [2.45, 2.75) is 18.7 Å². The normalized spacial score (nSPS) is 11.4. The van der Waals surface area contributed by atoms with Gasteiger partial charge in [-0.05, 0) is 49.2 Å². The first-order valence-corrected chi connectivity index (χ1v) is 7.53. The Labute approximate surface area is 121 Å². The number of anilines is 2. The number of halogens is 2. The van der Waals surface area contributed by atoms with E-state index in [2.05, 4.69) is 0 Å². The van der Waals surface area contributed by atoms with Crippen molar-refractivity contribution in [3.05, 3.63) is 53.1 Å². The Morgan fingerprint density at radius 1 is 1.00 bits per heavy atom. The lowest BCUT2D eigenvalue weighted by molar-refractivity contribution is 0.590. The highest BCUT2D eigenvalue weighted by atomic mass is 32.2. The van der Waals surface area contributed by atoms with Gasteiger partial charge in [-0.15, -0.1) is 0 Å². The lowest BCUT2D eigenvalue weighted by Crippen LogP contribution is -2.15. The van der Waals surface area contributed by atoms with E-state index in [1.54, 1.807) is 6.92 Å². The summed E-state index contributed by atoms with van der Waals surface area (Å²) in [5.41, 5.74) is 6.05. The third kappa shape index (κ3) is 3.13. The van der Waals surface area contributed by atoms with Gasteiger partial charge >= 0.3 is 0 Å². The van der Waals surface area contributed by atoms with E-state index in [1.165, 1.54) is 25.1 Å². The molecule has 2 aromatic carbocycles. The number of aryl methyl sites for hydroxylation is 2. The zero-order valence-corrected chi connectivity index (χ0v) is 12.3. The average Bonchev–Trinajstić information content (AvgIpc) is 2.35. The maximum absolute atomic E-state index is 13.7. The molecule has 2 aromatic rings. The standard InChI is InChI=1S/C14H14F2N2O2S/c1-8-6-12(16)13(7-11(8)15)18-21(19,20)14-4-3-10(17)5-9(14)2/h3-7,18H,17H2,1-2H3. The van der Waals surface area contributed by atoms with E-state index in [0.29, 0.717) is 11.3 Å². The molecular formula is C14H14F2N2O2S. The molecule has 0 aromatic heterocycles. The number of hydrogen-bond acceptors (Lipinski definition) is 3. The molecule has 0 heterocycles. The molecule has 112 valence electrons. The van der Waals surface area contributed by atoms with E-state index in [0.717, 1.165) is 12.1 Å². The molecule has 0 bridgehead atoms. The summed E-state index contributed by atoms with van der Waals surface area (Å²) >= 11 is 0. The van der Waals surface area contributed by atoms with E-state index < -0.39 is 27.3 Å². The van der Waals surface area contributed by atoms with Gasteiger partial charge in [-0.25, -0.2) is 17.2 Å². The molecule has 0 saturated heterocycles. The predicted molar refractivity (Wildman–Crippen MR) is 77.5 cm³/mol. The molecule has 0 aliphatic rings. The van der Waals surface area contributed by atoms with Gasteiger partial charge in [0.25, 0.3) is 10.0 Å². The Morgan fingerprint density at radius 2 is 1.67 bits per heavy atom. The van der Waals surface area contributed by atoms with Crippen LogP contribution in [0, 0.1) is 25.5 Å². The molecule has 2 rings (SSSR count). The smallest absolute Gasteiger partial charge is 0.262 e. The fraction of sp³-hybridized carbons (Fsp3) is 0.143. The van der Waals surface area contributed by atoms with Gasteiger partial charge in [0.15, 0.2) is 0 Å². The van der Waals surface area contributed by atoms with Crippen LogP contribution in [-0.2, 0) is 10.0 Å². The number of nitrogens with two attached hydrogens (primary N) is 1. The summed E-state index contributed by atoms with van der Waals surface area (Å²) in [5, 5.41) is 0. The highest BCUT2D eigenvalue weighted by Crippen LogP contribution is 2.24. The summed E-state index contributed by atoms with van der Waals surface area (Å²) < 4.78 is 53.7. The highest BCUT2D eigenvalue weighted by Gasteiger charge is 2.19. The quantitative estimate of drug-likeness (QED) is 0.856. The lowest BCUT2D eigenvalue weighted by atomic mass is 10.2. The van der Waals surface area contributed by atoms with Crippen LogP contribution in [0.3, 0.4) is 0 Å². The minimum atomic E-state index is -4.03. The Balaban J connectivity index is 2.45. The molecule has 0 unspecified atom stereocenters. The second-order valence-corrected chi connectivity index (χ2v) is 6.36. The summed E-state index contributed by atoms with van der Waals surface area (Å²) in [7, 11) is -4.03. The summed E-state index contributed by atoms with van der Waals surface area (Å²) in [6.07, 6.45) is 0. The summed E-state index contributed by atoms with van der Waals surface area (Å²) in [4.78, 5) is -0.0444. The van der Waals surface area contributed by atoms with Crippen LogP contribution in [0.25, 0.3) is 0 Å². The number of rotatable bonds is 3. The van der Waals surface area contributed by atoms with Gasteiger partial charge in [-0.1, -0.05) is 0 Å². The maximum Gasteiger partial charge on any atom is 0.262 e. The lowest BCUT2D eigenvalue weighted by Gasteiger charge is -2.12. The van der Waals surface area contributed by atoms with Crippen LogP contribution < -0.4 is 10.5 Å². The SMILES string of the molecule is Cc1cc(F)c(NS(=O)(=O)c2ccc(N)cc2C)cc1F. The molecule has 0 amide bonds. The van der Waals surface area contributed by atoms with Crippen molar-refractivity contribution in [3.63, 3.8) is 0 Å². The van der Waals surface area contributed by atoms with E-state index in [-0.39, 0.29) is 10.5 Å². The first kappa shape index (κ1) is 15.2. The molecule has 0 fully saturated rings. The van der Waals surface area contributed by atoms with Crippen molar-refractivity contribution in [2.75, 3.05) is 10.5 Å².